The molecule has 1 rings (SSSR count). The predicted molar refractivity (Wildman–Crippen MR) is 45.0 cm³/mol. The van der Waals surface area contributed by atoms with Crippen LogP contribution in [0, 0.1) is 0 Å². The standard InChI is InChI=1S/C6H8N2.O3S/c7-5-3-1-2-4-6(5)8;1-4(2)3/h1-4H,7-8H2;. The molecule has 0 bridgehead atoms. The third kappa shape index (κ3) is 5.24. The van der Waals surface area contributed by atoms with Crippen LogP contribution in [0.4, 0.5) is 11.4 Å². The number of anilines is 2. The van der Waals surface area contributed by atoms with Crippen molar-refractivity contribution in [3.63, 3.8) is 0 Å². The minimum atomic E-state index is -3.11. The van der Waals surface area contributed by atoms with Crippen molar-refractivity contribution in [3.05, 3.63) is 24.3 Å². The third-order valence-corrected chi connectivity index (χ3v) is 0.996. The summed E-state index contributed by atoms with van der Waals surface area (Å²) < 4.78 is 25.3. The van der Waals surface area contributed by atoms with E-state index in [1.54, 1.807) is 12.1 Å². The topological polar surface area (TPSA) is 103 Å². The Bertz CT molecular complexity index is 318. The number of nitrogen functional groups attached to an aromatic ring is 2. The average Bonchev–Trinajstić information content (AvgIpc) is 1.94. The van der Waals surface area contributed by atoms with Gasteiger partial charge in [-0.3, -0.25) is 0 Å². The number of hydrogen-bond donors (Lipinski definition) is 2. The van der Waals surface area contributed by atoms with Gasteiger partial charge in [0.25, 0.3) is 0 Å². The molecule has 1 aromatic carbocycles. The van der Waals surface area contributed by atoms with Crippen molar-refractivity contribution in [2.45, 2.75) is 0 Å². The first kappa shape index (κ1) is 10.4. The first-order chi connectivity index (χ1) is 5.54. The molecule has 0 aromatic heterocycles. The lowest BCUT2D eigenvalue weighted by molar-refractivity contribution is 0.559. The Kier molecular flexibility index (Phi) is 4.47. The monoisotopic (exact) mass is 188 g/mol. The number of benzene rings is 1. The van der Waals surface area contributed by atoms with Gasteiger partial charge >= 0.3 is 10.6 Å². The highest BCUT2D eigenvalue weighted by Gasteiger charge is 1.85. The van der Waals surface area contributed by atoms with E-state index in [9.17, 15) is 0 Å². The Morgan fingerprint density at radius 1 is 0.917 bits per heavy atom. The fourth-order valence-corrected chi connectivity index (χ4v) is 0.511. The van der Waals surface area contributed by atoms with Gasteiger partial charge < -0.3 is 11.5 Å². The molecule has 5 nitrogen and oxygen atoms in total. The second kappa shape index (κ2) is 5.14. The minimum absolute atomic E-state index is 0.646. The number of para-hydroxylation sites is 2. The van der Waals surface area contributed by atoms with Crippen molar-refractivity contribution in [1.82, 2.24) is 0 Å². The van der Waals surface area contributed by atoms with Gasteiger partial charge in [0.2, 0.25) is 0 Å². The molecule has 0 amide bonds. The zero-order chi connectivity index (χ0) is 9.56. The van der Waals surface area contributed by atoms with Crippen LogP contribution in [0.1, 0.15) is 0 Å². The molecule has 12 heavy (non-hydrogen) atoms. The normalized spacial score (nSPS) is 8.00. The summed E-state index contributed by atoms with van der Waals surface area (Å²) in [4.78, 5) is 0. The van der Waals surface area contributed by atoms with E-state index in [4.69, 9.17) is 24.1 Å². The summed E-state index contributed by atoms with van der Waals surface area (Å²) in [5.41, 5.74) is 12.1. The molecule has 0 aliphatic rings. The second-order valence-electron chi connectivity index (χ2n) is 1.83. The van der Waals surface area contributed by atoms with E-state index in [1.165, 1.54) is 0 Å². The van der Waals surface area contributed by atoms with E-state index in [-0.39, 0.29) is 0 Å². The quantitative estimate of drug-likeness (QED) is 0.551. The largest absolute Gasteiger partial charge is 0.425 e. The van der Waals surface area contributed by atoms with E-state index in [0.717, 1.165) is 0 Å². The van der Waals surface area contributed by atoms with Crippen molar-refractivity contribution in [2.75, 3.05) is 11.5 Å². The fraction of sp³-hybridized carbons (Fsp3) is 0. The smallest absolute Gasteiger partial charge is 0.397 e. The molecule has 4 N–H and O–H groups in total. The lowest BCUT2D eigenvalue weighted by Gasteiger charge is -1.94. The Labute approximate surface area is 71.1 Å². The molecule has 0 heterocycles. The maximum atomic E-state index is 8.44. The summed E-state index contributed by atoms with van der Waals surface area (Å²) in [6, 6.07) is 7.25. The van der Waals surface area contributed by atoms with Crippen LogP contribution in [-0.4, -0.2) is 12.6 Å². The van der Waals surface area contributed by atoms with Crippen molar-refractivity contribution >= 4 is 22.0 Å². The molecule has 66 valence electrons. The van der Waals surface area contributed by atoms with E-state index in [1.807, 2.05) is 12.1 Å². The lowest BCUT2D eigenvalue weighted by Crippen LogP contribution is -1.91. The molecule has 0 saturated heterocycles. The van der Waals surface area contributed by atoms with Crippen LogP contribution in [0.2, 0.25) is 0 Å². The van der Waals surface area contributed by atoms with Gasteiger partial charge in [0.05, 0.1) is 11.4 Å². The SMILES string of the molecule is Nc1ccccc1N.O=S(=O)=O. The van der Waals surface area contributed by atoms with Gasteiger partial charge in [-0.2, -0.15) is 0 Å². The van der Waals surface area contributed by atoms with Gasteiger partial charge in [-0.25, -0.2) is 0 Å². The van der Waals surface area contributed by atoms with Gasteiger partial charge in [0, 0.05) is 0 Å². The highest BCUT2D eigenvalue weighted by Crippen LogP contribution is 2.10. The molecular formula is C6H8N2O3S. The van der Waals surface area contributed by atoms with Gasteiger partial charge in [0.15, 0.2) is 0 Å². The zero-order valence-electron chi connectivity index (χ0n) is 6.10. The van der Waals surface area contributed by atoms with Gasteiger partial charge in [0.1, 0.15) is 0 Å². The molecule has 0 spiro atoms. The van der Waals surface area contributed by atoms with Crippen LogP contribution in [0.5, 0.6) is 0 Å². The number of hydrogen-bond acceptors (Lipinski definition) is 5. The summed E-state index contributed by atoms with van der Waals surface area (Å²) in [5, 5.41) is 0. The molecule has 0 unspecified atom stereocenters. The van der Waals surface area contributed by atoms with Crippen LogP contribution >= 0.6 is 0 Å². The second-order valence-corrected chi connectivity index (χ2v) is 2.24. The Morgan fingerprint density at radius 3 is 1.33 bits per heavy atom. The molecule has 1 aromatic rings. The molecule has 0 aliphatic carbocycles. The summed E-state index contributed by atoms with van der Waals surface area (Å²) in [5.74, 6) is 0. The van der Waals surface area contributed by atoms with Gasteiger partial charge in [-0.1, -0.05) is 12.1 Å². The van der Waals surface area contributed by atoms with Crippen molar-refractivity contribution in [1.29, 1.82) is 0 Å². The van der Waals surface area contributed by atoms with Crippen molar-refractivity contribution in [3.8, 4) is 0 Å². The van der Waals surface area contributed by atoms with Gasteiger partial charge in [-0.15, -0.1) is 12.6 Å². The lowest BCUT2D eigenvalue weighted by atomic mass is 10.3. The van der Waals surface area contributed by atoms with Crippen LogP contribution in [0.3, 0.4) is 0 Å². The van der Waals surface area contributed by atoms with E-state index < -0.39 is 10.6 Å². The maximum absolute atomic E-state index is 8.44. The van der Waals surface area contributed by atoms with Crippen LogP contribution < -0.4 is 11.5 Å². The Hall–Kier alpha value is -1.56. The minimum Gasteiger partial charge on any atom is -0.397 e. The number of nitrogens with two attached hydrogens (primary N) is 2. The van der Waals surface area contributed by atoms with Crippen molar-refractivity contribution < 1.29 is 12.6 Å². The zero-order valence-corrected chi connectivity index (χ0v) is 6.91. The molecule has 0 radical (unpaired) electrons. The molecule has 6 heteroatoms. The molecule has 0 atom stereocenters. The van der Waals surface area contributed by atoms with Crippen LogP contribution in [-0.2, 0) is 10.6 Å². The van der Waals surface area contributed by atoms with E-state index in [2.05, 4.69) is 0 Å². The molecular weight excluding hydrogens is 180 g/mol. The van der Waals surface area contributed by atoms with Gasteiger partial charge in [-0.05, 0) is 12.1 Å². The van der Waals surface area contributed by atoms with Crippen LogP contribution in [0.25, 0.3) is 0 Å². The van der Waals surface area contributed by atoms with E-state index >= 15 is 0 Å². The van der Waals surface area contributed by atoms with Crippen LogP contribution in [0.15, 0.2) is 24.3 Å². The summed E-state index contributed by atoms with van der Waals surface area (Å²) in [6.07, 6.45) is 0. The Balaban J connectivity index is 0.000000261. The molecule has 0 fully saturated rings. The first-order valence-corrected chi connectivity index (χ1v) is 3.90. The summed E-state index contributed by atoms with van der Waals surface area (Å²) >= 11 is 0. The third-order valence-electron chi connectivity index (χ3n) is 0.996. The molecule has 0 saturated carbocycles. The van der Waals surface area contributed by atoms with E-state index in [0.29, 0.717) is 11.4 Å². The number of rotatable bonds is 0. The summed E-state index contributed by atoms with van der Waals surface area (Å²) in [6.45, 7) is 0. The highest BCUT2D eigenvalue weighted by molar-refractivity contribution is 7.59. The first-order valence-electron chi connectivity index (χ1n) is 2.90. The maximum Gasteiger partial charge on any atom is 0.425 e. The summed E-state index contributed by atoms with van der Waals surface area (Å²) in [7, 11) is -3.11. The Morgan fingerprint density at radius 2 is 1.17 bits per heavy atom. The predicted octanol–water partition coefficient (Wildman–Crippen LogP) is -0.153. The van der Waals surface area contributed by atoms with Crippen molar-refractivity contribution in [2.24, 2.45) is 0 Å². The average molecular weight is 188 g/mol. The fourth-order valence-electron chi connectivity index (χ4n) is 0.511. The highest BCUT2D eigenvalue weighted by atomic mass is 32.2. The molecule has 0 aliphatic heterocycles.